The van der Waals surface area contributed by atoms with Crippen molar-refractivity contribution < 1.29 is 23.9 Å². The van der Waals surface area contributed by atoms with Crippen LogP contribution >= 0.6 is 0 Å². The van der Waals surface area contributed by atoms with E-state index in [9.17, 15) is 14.4 Å². The fourth-order valence-corrected chi connectivity index (χ4v) is 4.75. The molecule has 3 atom stereocenters. The molecule has 3 rings (SSSR count). The summed E-state index contributed by atoms with van der Waals surface area (Å²) < 4.78 is 12.1. The van der Waals surface area contributed by atoms with Gasteiger partial charge in [-0.2, -0.15) is 0 Å². The van der Waals surface area contributed by atoms with Crippen LogP contribution in [0.3, 0.4) is 0 Å². The molecule has 2 amide bonds. The predicted octanol–water partition coefficient (Wildman–Crippen LogP) is 7.14. The molecule has 6 nitrogen and oxygen atoms in total. The lowest BCUT2D eigenvalue weighted by atomic mass is 9.75. The summed E-state index contributed by atoms with van der Waals surface area (Å²) in [6.45, 7) is 14.6. The number of benzene rings is 2. The fourth-order valence-electron chi connectivity index (χ4n) is 4.75. The van der Waals surface area contributed by atoms with Crippen LogP contribution in [0.2, 0.25) is 0 Å². The number of hydrogen-bond acceptors (Lipinski definition) is 5. The van der Waals surface area contributed by atoms with Gasteiger partial charge in [0.2, 0.25) is 5.91 Å². The van der Waals surface area contributed by atoms with Gasteiger partial charge in [0.1, 0.15) is 18.0 Å². The molecule has 0 saturated carbocycles. The highest BCUT2D eigenvalue weighted by Gasteiger charge is 2.47. The third-order valence-electron chi connectivity index (χ3n) is 7.51. The summed E-state index contributed by atoms with van der Waals surface area (Å²) in [6.07, 6.45) is 0.510. The van der Waals surface area contributed by atoms with Gasteiger partial charge < -0.3 is 9.47 Å². The van der Waals surface area contributed by atoms with Gasteiger partial charge in [-0.1, -0.05) is 74.9 Å². The average molecular weight is 520 g/mol. The Bertz CT molecular complexity index is 1210. The Hall–Kier alpha value is -3.41. The maximum atomic E-state index is 14.4. The van der Waals surface area contributed by atoms with Crippen molar-refractivity contribution in [1.82, 2.24) is 4.90 Å². The van der Waals surface area contributed by atoms with Crippen LogP contribution in [0, 0.1) is 11.3 Å². The quantitative estimate of drug-likeness (QED) is 0.352. The highest BCUT2D eigenvalue weighted by molar-refractivity contribution is 6.02. The summed E-state index contributed by atoms with van der Waals surface area (Å²) in [4.78, 5) is 41.7. The van der Waals surface area contributed by atoms with Crippen LogP contribution in [0.25, 0.3) is 5.76 Å². The summed E-state index contributed by atoms with van der Waals surface area (Å²) in [5.41, 5.74) is 1.48. The van der Waals surface area contributed by atoms with Crippen LogP contribution in [0.1, 0.15) is 84.5 Å². The molecule has 0 heterocycles. The number of allylic oxidation sites excluding steroid dienone is 1. The van der Waals surface area contributed by atoms with Crippen molar-refractivity contribution in [3.63, 3.8) is 0 Å². The number of Topliss-reactive ketones (excluding diaryl/α,β-unsaturated/α-hetero) is 1. The Morgan fingerprint density at radius 2 is 1.55 bits per heavy atom. The molecule has 6 heteroatoms. The molecule has 0 aliphatic heterocycles. The lowest BCUT2D eigenvalue weighted by Gasteiger charge is -2.40. The number of imide groups is 1. The Morgan fingerprint density at radius 3 is 2.13 bits per heavy atom. The first-order valence-corrected chi connectivity index (χ1v) is 13.4. The number of ketones is 1. The second kappa shape index (κ2) is 11.5. The predicted molar refractivity (Wildman–Crippen MR) is 149 cm³/mol. The van der Waals surface area contributed by atoms with Crippen molar-refractivity contribution in [2.24, 2.45) is 11.3 Å². The zero-order chi connectivity index (χ0) is 28.3. The van der Waals surface area contributed by atoms with Gasteiger partial charge in [-0.15, -0.1) is 0 Å². The topological polar surface area (TPSA) is 72.9 Å². The van der Waals surface area contributed by atoms with E-state index < -0.39 is 23.2 Å². The Balaban J connectivity index is 2.02. The van der Waals surface area contributed by atoms with E-state index in [4.69, 9.17) is 9.47 Å². The Morgan fingerprint density at radius 1 is 0.947 bits per heavy atom. The van der Waals surface area contributed by atoms with Gasteiger partial charge in [0, 0.05) is 17.6 Å². The van der Waals surface area contributed by atoms with Crippen molar-refractivity contribution in [1.29, 1.82) is 0 Å². The number of nitrogens with zero attached hydrogens (tertiary/aromatic N) is 1. The van der Waals surface area contributed by atoms with Crippen molar-refractivity contribution in [2.75, 3.05) is 6.61 Å². The highest BCUT2D eigenvalue weighted by Crippen LogP contribution is 2.40. The molecule has 0 aromatic heterocycles. The van der Waals surface area contributed by atoms with Crippen LogP contribution in [-0.2, 0) is 25.5 Å². The summed E-state index contributed by atoms with van der Waals surface area (Å²) in [7, 11) is 0. The molecule has 2 aromatic rings. The number of hydrogen-bond donors (Lipinski definition) is 0. The molecular formula is C32H41NO5. The van der Waals surface area contributed by atoms with Crippen molar-refractivity contribution >= 4 is 23.5 Å². The number of ether oxygens (including phenoxy) is 2. The first-order valence-electron chi connectivity index (χ1n) is 13.4. The van der Waals surface area contributed by atoms with E-state index in [-0.39, 0.29) is 24.2 Å². The van der Waals surface area contributed by atoms with Gasteiger partial charge in [-0.3, -0.25) is 9.59 Å². The Kier molecular flexibility index (Phi) is 8.86. The number of amides is 2. The molecule has 38 heavy (non-hydrogen) atoms. The largest absolute Gasteiger partial charge is 0.491 e. The molecule has 0 spiro atoms. The van der Waals surface area contributed by atoms with Gasteiger partial charge >= 0.3 is 6.09 Å². The van der Waals surface area contributed by atoms with Crippen LogP contribution < -0.4 is 0 Å². The number of fused-ring (bicyclic) bond motifs is 1. The van der Waals surface area contributed by atoms with E-state index in [2.05, 4.69) is 0 Å². The lowest BCUT2D eigenvalue weighted by Crippen LogP contribution is -2.52. The standard InChI is InChI=1S/C32H41NO5/c1-9-21(2)32(8,20-37-28-26-18-14-13-17-25(26)19-27(28)23(4)34)29(35)33(30(36)38-31(5,6)7)22(3)24-15-11-10-12-16-24/h10-18,21-22H,9,19-20H2,1-8H3. The minimum Gasteiger partial charge on any atom is -0.491 e. The normalized spacial score (nSPS) is 16.2. The smallest absolute Gasteiger partial charge is 0.417 e. The molecule has 1 aliphatic carbocycles. The molecule has 0 saturated heterocycles. The summed E-state index contributed by atoms with van der Waals surface area (Å²) >= 11 is 0. The maximum absolute atomic E-state index is 14.4. The second-order valence-corrected chi connectivity index (χ2v) is 11.5. The van der Waals surface area contributed by atoms with Crippen LogP contribution in [0.4, 0.5) is 4.79 Å². The molecule has 2 aromatic carbocycles. The third kappa shape index (κ3) is 6.17. The minimum absolute atomic E-state index is 0.0160. The van der Waals surface area contributed by atoms with Gasteiger partial charge in [-0.05, 0) is 58.6 Å². The van der Waals surface area contributed by atoms with E-state index >= 15 is 0 Å². The second-order valence-electron chi connectivity index (χ2n) is 11.5. The SMILES string of the molecule is CCC(C)C(C)(COC1=C(C(C)=O)Cc2ccccc21)C(=O)N(C(=O)OC(C)(C)C)C(C)c1ccccc1. The average Bonchev–Trinajstić information content (AvgIpc) is 3.25. The van der Waals surface area contributed by atoms with Crippen molar-refractivity contribution in [2.45, 2.75) is 79.9 Å². The zero-order valence-corrected chi connectivity index (χ0v) is 24.0. The van der Waals surface area contributed by atoms with Crippen LogP contribution in [0.15, 0.2) is 60.2 Å². The molecular weight excluding hydrogens is 478 g/mol. The van der Waals surface area contributed by atoms with Crippen molar-refractivity contribution in [3.8, 4) is 0 Å². The van der Waals surface area contributed by atoms with Crippen LogP contribution in [0.5, 0.6) is 0 Å². The number of carbonyl (C=O) groups excluding carboxylic acids is 3. The highest BCUT2D eigenvalue weighted by atomic mass is 16.6. The molecule has 204 valence electrons. The first-order chi connectivity index (χ1) is 17.8. The number of carbonyl (C=O) groups is 3. The first kappa shape index (κ1) is 29.2. The molecule has 0 fully saturated rings. The molecule has 0 bridgehead atoms. The van der Waals surface area contributed by atoms with Gasteiger partial charge in [0.05, 0.1) is 11.5 Å². The lowest BCUT2D eigenvalue weighted by molar-refractivity contribution is -0.148. The van der Waals surface area contributed by atoms with Crippen molar-refractivity contribution in [3.05, 3.63) is 76.9 Å². The Labute approximate surface area is 227 Å². The van der Waals surface area contributed by atoms with Gasteiger partial charge in [0.25, 0.3) is 0 Å². The van der Waals surface area contributed by atoms with E-state index in [1.807, 2.05) is 82.3 Å². The van der Waals surface area contributed by atoms with Gasteiger partial charge in [-0.25, -0.2) is 9.69 Å². The van der Waals surface area contributed by atoms with E-state index in [0.717, 1.165) is 16.7 Å². The monoisotopic (exact) mass is 519 g/mol. The van der Waals surface area contributed by atoms with E-state index in [1.165, 1.54) is 11.8 Å². The fraction of sp³-hybridized carbons (Fsp3) is 0.469. The van der Waals surface area contributed by atoms with E-state index in [0.29, 0.717) is 24.2 Å². The third-order valence-corrected chi connectivity index (χ3v) is 7.51. The minimum atomic E-state index is -1.07. The zero-order valence-electron chi connectivity index (χ0n) is 24.0. The molecule has 3 unspecified atom stereocenters. The molecule has 1 aliphatic rings. The summed E-state index contributed by atoms with van der Waals surface area (Å²) in [5, 5.41) is 0. The van der Waals surface area contributed by atoms with Crippen LogP contribution in [-0.4, -0.2) is 34.9 Å². The van der Waals surface area contributed by atoms with Gasteiger partial charge in [0.15, 0.2) is 5.78 Å². The number of rotatable bonds is 9. The summed E-state index contributed by atoms with van der Waals surface area (Å²) in [5.74, 6) is -0.0224. The molecule has 0 N–H and O–H groups in total. The molecule has 0 radical (unpaired) electrons. The summed E-state index contributed by atoms with van der Waals surface area (Å²) in [6, 6.07) is 16.7. The maximum Gasteiger partial charge on any atom is 0.417 e. The van der Waals surface area contributed by atoms with E-state index in [1.54, 1.807) is 20.8 Å².